The molecule has 0 aliphatic carbocycles. The number of benzene rings is 2. The number of nitrogens with two attached hydrogens (primary N) is 4. The highest BCUT2D eigenvalue weighted by Crippen LogP contribution is 2.18. The van der Waals surface area contributed by atoms with Gasteiger partial charge in [-0.2, -0.15) is 0 Å². The molecule has 0 aliphatic heterocycles. The molecule has 7 heteroatoms. The average molecular weight is 366 g/mol. The van der Waals surface area contributed by atoms with Gasteiger partial charge >= 0.3 is 0 Å². The first-order chi connectivity index (χ1) is 12.0. The smallest absolute Gasteiger partial charge is 0.108 e. The van der Waals surface area contributed by atoms with Crippen molar-refractivity contribution in [3.63, 3.8) is 0 Å². The Hall–Kier alpha value is -2.41. The van der Waals surface area contributed by atoms with Crippen LogP contribution in [0.1, 0.15) is 0 Å². The lowest BCUT2D eigenvalue weighted by atomic mass is 10.2. The van der Waals surface area contributed by atoms with Gasteiger partial charge in [0.1, 0.15) is 6.20 Å². The number of nitrogen functional groups attached to an aromatic ring is 2. The molecule has 0 atom stereocenters. The van der Waals surface area contributed by atoms with Crippen molar-refractivity contribution in [1.29, 1.82) is 0 Å². The maximum atomic E-state index is 5.60. The number of anilines is 4. The van der Waals surface area contributed by atoms with Crippen molar-refractivity contribution in [2.75, 3.05) is 43.9 Å². The van der Waals surface area contributed by atoms with Gasteiger partial charge < -0.3 is 32.7 Å². The molecule has 0 radical (unpaired) electrons. The summed E-state index contributed by atoms with van der Waals surface area (Å²) in [5.41, 5.74) is 20.0. The van der Waals surface area contributed by atoms with E-state index in [1.165, 1.54) is 6.38 Å². The molecule has 25 heavy (non-hydrogen) atoms. The second-order valence-electron chi connectivity index (χ2n) is 4.98. The van der Waals surface area contributed by atoms with Gasteiger partial charge in [0.2, 0.25) is 0 Å². The highest BCUT2D eigenvalue weighted by Gasteiger charge is 1.93. The van der Waals surface area contributed by atoms with Crippen LogP contribution < -0.4 is 27.8 Å². The van der Waals surface area contributed by atoms with Crippen LogP contribution in [0.15, 0.2) is 60.9 Å². The lowest BCUT2D eigenvalue weighted by Gasteiger charge is -2.06. The summed E-state index contributed by atoms with van der Waals surface area (Å²) in [4.78, 5) is 1.90. The first-order valence-corrected chi connectivity index (χ1v) is 8.53. The zero-order valence-corrected chi connectivity index (χ0v) is 15.9. The van der Waals surface area contributed by atoms with Crippen LogP contribution in [-0.4, -0.2) is 32.0 Å². The van der Waals surface area contributed by atoms with Gasteiger partial charge in [-0.05, 0) is 48.5 Å². The third-order valence-corrected chi connectivity index (χ3v) is 2.93. The number of rotatable bonds is 5. The Morgan fingerprint density at radius 3 is 1.68 bits per heavy atom. The molecule has 0 spiro atoms. The topological polar surface area (TPSA) is 110 Å². The summed E-state index contributed by atoms with van der Waals surface area (Å²) in [6, 6.07) is 15.2. The summed E-state index contributed by atoms with van der Waals surface area (Å²) in [6.45, 7) is 0.574. The van der Waals surface area contributed by atoms with Crippen molar-refractivity contribution in [3.8, 4) is 0 Å². The molecule has 0 unspecified atom stereocenters. The van der Waals surface area contributed by atoms with Crippen LogP contribution in [0.5, 0.6) is 0 Å². The number of alkyl halides is 1. The summed E-state index contributed by atoms with van der Waals surface area (Å²) in [6.07, 6.45) is 5.35. The maximum Gasteiger partial charge on any atom is 0.108 e. The number of hydrogen-bond donors (Lipinski definition) is 5. The second-order valence-corrected chi connectivity index (χ2v) is 4.98. The fourth-order valence-corrected chi connectivity index (χ4v) is 1.59. The van der Waals surface area contributed by atoms with Crippen LogP contribution in [0.3, 0.4) is 0 Å². The zero-order chi connectivity index (χ0) is 19.1. The first kappa shape index (κ1) is 22.6. The van der Waals surface area contributed by atoms with Crippen LogP contribution >= 0.6 is 11.6 Å². The normalized spacial score (nSPS) is 9.48. The van der Waals surface area contributed by atoms with Crippen LogP contribution in [0, 0.1) is 0 Å². The Morgan fingerprint density at radius 2 is 1.36 bits per heavy atom. The number of nitrogens with zero attached hydrogens (tertiary/aromatic N) is 1. The molecule has 138 valence electrons. The highest BCUT2D eigenvalue weighted by molar-refractivity contribution is 6.15. The van der Waals surface area contributed by atoms with Crippen LogP contribution in [0.4, 0.5) is 22.7 Å². The van der Waals surface area contributed by atoms with Crippen molar-refractivity contribution in [3.05, 3.63) is 60.9 Å². The molecule has 2 aromatic carbocycles. The van der Waals surface area contributed by atoms with Gasteiger partial charge in [0.15, 0.2) is 0 Å². The van der Waals surface area contributed by atoms with Gasteiger partial charge in [-0.25, -0.2) is 0 Å². The fourth-order valence-electron chi connectivity index (χ4n) is 1.59. The zero-order valence-electron chi connectivity index (χ0n) is 15.1. The Balaban J connectivity index is 0.000000493. The lowest BCUT2D eigenvalue weighted by molar-refractivity contribution is -0.557. The van der Waals surface area contributed by atoms with E-state index >= 15 is 0 Å². The van der Waals surface area contributed by atoms with E-state index in [4.69, 9.17) is 17.2 Å². The molecular formula is C18H30ClN6+. The van der Waals surface area contributed by atoms with Gasteiger partial charge in [-0.1, -0.05) is 0 Å². The highest BCUT2D eigenvalue weighted by atomic mass is 35.5. The molecule has 0 aliphatic rings. The van der Waals surface area contributed by atoms with Gasteiger partial charge in [-0.15, -0.1) is 11.6 Å². The third-order valence-electron chi connectivity index (χ3n) is 2.93. The Kier molecular flexibility index (Phi) is 12.6. The molecule has 9 N–H and O–H groups in total. The first-order valence-electron chi connectivity index (χ1n) is 7.77. The van der Waals surface area contributed by atoms with E-state index in [1.54, 1.807) is 0 Å². The molecule has 0 aromatic heterocycles. The molecule has 0 heterocycles. The quantitative estimate of drug-likeness (QED) is 0.316. The molecule has 0 saturated heterocycles. The van der Waals surface area contributed by atoms with Crippen molar-refractivity contribution < 1.29 is 5.32 Å². The van der Waals surface area contributed by atoms with E-state index in [-0.39, 0.29) is 0 Å². The summed E-state index contributed by atoms with van der Waals surface area (Å²) in [5, 5.41) is 5.21. The lowest BCUT2D eigenvalue weighted by Crippen LogP contribution is -2.72. The molecular weight excluding hydrogens is 336 g/mol. The largest absolute Gasteiger partial charge is 0.399 e. The minimum atomic E-state index is 0.574. The van der Waals surface area contributed by atoms with Gasteiger partial charge in [0, 0.05) is 36.2 Å². The summed E-state index contributed by atoms with van der Waals surface area (Å²) in [7, 11) is 3.90. The van der Waals surface area contributed by atoms with Crippen LogP contribution in [0.2, 0.25) is 0 Å². The number of nitrogens with one attached hydrogen (secondary N) is 1. The second kappa shape index (κ2) is 14.0. The van der Waals surface area contributed by atoms with E-state index in [1.807, 2.05) is 85.2 Å². The summed E-state index contributed by atoms with van der Waals surface area (Å²) in [5.74, 6) is 0. The van der Waals surface area contributed by atoms with Crippen LogP contribution in [-0.2, 0) is 0 Å². The van der Waals surface area contributed by atoms with E-state index in [0.717, 1.165) is 22.7 Å². The predicted octanol–water partition coefficient (Wildman–Crippen LogP) is 1.95. The SMILES string of the molecule is CCl.C[NH2+]/C=C\N(C)CN.Nc1ccc(Nc2ccc(N)cc2)cc1. The summed E-state index contributed by atoms with van der Waals surface area (Å²) < 4.78 is 0. The van der Waals surface area contributed by atoms with E-state index in [9.17, 15) is 0 Å². The summed E-state index contributed by atoms with van der Waals surface area (Å²) >= 11 is 4.64. The molecule has 0 bridgehead atoms. The third kappa shape index (κ3) is 10.9. The van der Waals surface area contributed by atoms with E-state index in [2.05, 4.69) is 16.9 Å². The van der Waals surface area contributed by atoms with Crippen molar-refractivity contribution >= 4 is 34.4 Å². The minimum Gasteiger partial charge on any atom is -0.399 e. The predicted molar refractivity (Wildman–Crippen MR) is 111 cm³/mol. The van der Waals surface area contributed by atoms with Crippen LogP contribution in [0.25, 0.3) is 0 Å². The minimum absolute atomic E-state index is 0.574. The van der Waals surface area contributed by atoms with E-state index in [0.29, 0.717) is 6.67 Å². The van der Waals surface area contributed by atoms with Gasteiger partial charge in [-0.3, -0.25) is 0 Å². The molecule has 6 nitrogen and oxygen atoms in total. The Labute approximate surface area is 155 Å². The van der Waals surface area contributed by atoms with Crippen molar-refractivity contribution in [2.45, 2.75) is 0 Å². The van der Waals surface area contributed by atoms with Crippen molar-refractivity contribution in [2.24, 2.45) is 5.73 Å². The number of halogens is 1. The Morgan fingerprint density at radius 1 is 0.960 bits per heavy atom. The Bertz CT molecular complexity index is 540. The molecule has 2 aromatic rings. The molecule has 0 fully saturated rings. The molecule has 2 rings (SSSR count). The standard InChI is InChI=1S/C12H13N3.C5H13N3.CH3Cl/c13-9-1-5-11(6-2-9)15-12-7-3-10(14)4-8-12;1-7-3-4-8(2)5-6;1-2/h1-8,15H,13-14H2;3-4,7H,5-6H2,1-2H3;1H3/p+1/b;4-3-;. The number of hydrogen-bond acceptors (Lipinski definition) is 5. The maximum absolute atomic E-state index is 5.60. The van der Waals surface area contributed by atoms with Gasteiger partial charge in [0.25, 0.3) is 0 Å². The fraction of sp³-hybridized carbons (Fsp3) is 0.222. The van der Waals surface area contributed by atoms with Gasteiger partial charge in [0.05, 0.1) is 19.9 Å². The van der Waals surface area contributed by atoms with E-state index < -0.39 is 0 Å². The monoisotopic (exact) mass is 365 g/mol. The van der Waals surface area contributed by atoms with Crippen molar-refractivity contribution in [1.82, 2.24) is 4.90 Å². The molecule has 0 amide bonds. The number of quaternary nitrogens is 1. The average Bonchev–Trinajstić information content (AvgIpc) is 2.65. The molecule has 0 saturated carbocycles.